The molecule has 9 nitrogen and oxygen atoms in total. The predicted molar refractivity (Wildman–Crippen MR) is 175 cm³/mol. The summed E-state index contributed by atoms with van der Waals surface area (Å²) in [7, 11) is 6.69. The Kier molecular flexibility index (Phi) is 13.1. The summed E-state index contributed by atoms with van der Waals surface area (Å²) in [6.45, 7) is 14.3. The summed E-state index contributed by atoms with van der Waals surface area (Å²) in [4.78, 5) is 42.0. The standard InChI is InChI=1S/C33H55N4O3.C2H4O2/c1-7-8-15-34(16-9-10-18-37(4,5)6)32(39)24-36-23-28(26-11-12-30-27(20-26)14-19-40-30)21-29(36)13-17-35-25-33(2,3)22-31(35)38;1-2(3)4/h11-12,20,28-29H,7-10,13-19,21-25H2,1-6H3;1H3,(H,3,4)/q+1;/t28-,29+;/m1./s1. The second-order valence-corrected chi connectivity index (χ2v) is 14.9. The minimum Gasteiger partial charge on any atom is -0.493 e. The van der Waals surface area contributed by atoms with Crippen molar-refractivity contribution in [2.24, 2.45) is 5.41 Å². The molecule has 0 radical (unpaired) electrons. The highest BCUT2D eigenvalue weighted by atomic mass is 16.5. The van der Waals surface area contributed by atoms with Gasteiger partial charge in [0.2, 0.25) is 11.8 Å². The molecule has 0 spiro atoms. The van der Waals surface area contributed by atoms with Gasteiger partial charge in [-0.3, -0.25) is 19.3 Å². The molecule has 1 aromatic carbocycles. The number of carboxylic acid groups (broad SMARTS) is 1. The Labute approximate surface area is 266 Å². The number of benzene rings is 1. The summed E-state index contributed by atoms with van der Waals surface area (Å²) in [5.41, 5.74) is 2.74. The van der Waals surface area contributed by atoms with Crippen molar-refractivity contribution in [1.82, 2.24) is 14.7 Å². The van der Waals surface area contributed by atoms with Crippen LogP contribution in [0.25, 0.3) is 0 Å². The highest BCUT2D eigenvalue weighted by molar-refractivity contribution is 5.79. The number of fused-ring (bicyclic) bond motifs is 1. The maximum atomic E-state index is 13.7. The number of likely N-dealkylation sites (tertiary alicyclic amines) is 2. The zero-order valence-corrected chi connectivity index (χ0v) is 28.6. The van der Waals surface area contributed by atoms with Gasteiger partial charge in [0.05, 0.1) is 40.8 Å². The van der Waals surface area contributed by atoms with Crippen LogP contribution in [0, 0.1) is 5.41 Å². The molecule has 4 rings (SSSR count). The number of carbonyl (C=O) groups is 3. The third-order valence-electron chi connectivity index (χ3n) is 9.03. The number of rotatable bonds is 14. The molecule has 2 amide bonds. The van der Waals surface area contributed by atoms with Gasteiger partial charge in [-0.25, -0.2) is 0 Å². The number of hydrogen-bond acceptors (Lipinski definition) is 5. The van der Waals surface area contributed by atoms with Gasteiger partial charge < -0.3 is 24.1 Å². The zero-order valence-electron chi connectivity index (χ0n) is 28.6. The molecule has 9 heteroatoms. The first-order chi connectivity index (χ1) is 20.7. The van der Waals surface area contributed by atoms with Gasteiger partial charge in [0.1, 0.15) is 5.75 Å². The van der Waals surface area contributed by atoms with Gasteiger partial charge in [-0.2, -0.15) is 0 Å². The molecule has 248 valence electrons. The minimum atomic E-state index is -0.833. The molecule has 1 aromatic rings. The van der Waals surface area contributed by atoms with Gasteiger partial charge in [-0.15, -0.1) is 0 Å². The van der Waals surface area contributed by atoms with Crippen LogP contribution in [0.5, 0.6) is 5.75 Å². The van der Waals surface area contributed by atoms with Crippen molar-refractivity contribution in [3.05, 3.63) is 29.3 Å². The van der Waals surface area contributed by atoms with Crippen LogP contribution in [0.15, 0.2) is 18.2 Å². The lowest BCUT2D eigenvalue weighted by Gasteiger charge is -2.30. The van der Waals surface area contributed by atoms with Crippen LogP contribution in [-0.4, -0.2) is 122 Å². The first kappa shape index (κ1) is 35.8. The Bertz CT molecular complexity index is 1110. The fraction of sp³-hybridized carbons (Fsp3) is 0.743. The smallest absolute Gasteiger partial charge is 0.300 e. The van der Waals surface area contributed by atoms with Crippen LogP contribution in [0.1, 0.15) is 89.7 Å². The lowest BCUT2D eigenvalue weighted by molar-refractivity contribution is -0.870. The van der Waals surface area contributed by atoms with E-state index >= 15 is 0 Å². The maximum Gasteiger partial charge on any atom is 0.300 e. The summed E-state index contributed by atoms with van der Waals surface area (Å²) in [6, 6.07) is 7.00. The molecule has 0 unspecified atom stereocenters. The monoisotopic (exact) mass is 615 g/mol. The highest BCUT2D eigenvalue weighted by Gasteiger charge is 2.38. The summed E-state index contributed by atoms with van der Waals surface area (Å²) in [6.07, 6.45) is 7.93. The van der Waals surface area contributed by atoms with Crippen LogP contribution in [0.2, 0.25) is 0 Å². The number of carboxylic acids is 1. The second kappa shape index (κ2) is 16.1. The molecule has 44 heavy (non-hydrogen) atoms. The van der Waals surface area contributed by atoms with Gasteiger partial charge in [-0.1, -0.05) is 39.3 Å². The number of hydrogen-bond donors (Lipinski definition) is 1. The molecule has 2 fully saturated rings. The third-order valence-corrected chi connectivity index (χ3v) is 9.03. The second-order valence-electron chi connectivity index (χ2n) is 14.9. The summed E-state index contributed by atoms with van der Waals surface area (Å²) >= 11 is 0. The number of unbranched alkanes of at least 4 members (excludes halogenated alkanes) is 2. The molecular formula is C35H59N4O5+. The first-order valence-electron chi connectivity index (χ1n) is 16.7. The molecule has 3 heterocycles. The van der Waals surface area contributed by atoms with E-state index in [1.807, 2.05) is 0 Å². The van der Waals surface area contributed by atoms with Crippen molar-refractivity contribution in [1.29, 1.82) is 0 Å². The number of carbonyl (C=O) groups excluding carboxylic acids is 2. The number of ether oxygens (including phenoxy) is 1. The largest absolute Gasteiger partial charge is 0.493 e. The van der Waals surface area contributed by atoms with Gasteiger partial charge in [0, 0.05) is 58.5 Å². The van der Waals surface area contributed by atoms with Crippen LogP contribution in [0.4, 0.5) is 0 Å². The molecule has 0 bridgehead atoms. The van der Waals surface area contributed by atoms with Crippen LogP contribution >= 0.6 is 0 Å². The fourth-order valence-corrected chi connectivity index (χ4v) is 6.74. The lowest BCUT2D eigenvalue weighted by atomic mass is 9.93. The van der Waals surface area contributed by atoms with E-state index in [0.717, 1.165) is 108 Å². The molecule has 0 aliphatic carbocycles. The molecule has 1 N–H and O–H groups in total. The van der Waals surface area contributed by atoms with Gasteiger partial charge in [0.25, 0.3) is 5.97 Å². The fourth-order valence-electron chi connectivity index (χ4n) is 6.74. The molecule has 0 aromatic heterocycles. The van der Waals surface area contributed by atoms with E-state index in [-0.39, 0.29) is 17.2 Å². The maximum absolute atomic E-state index is 13.7. The number of amides is 2. The Morgan fingerprint density at radius 2 is 1.84 bits per heavy atom. The van der Waals surface area contributed by atoms with Crippen LogP contribution in [0.3, 0.4) is 0 Å². The molecule has 2 atom stereocenters. The molecule has 2 saturated heterocycles. The van der Waals surface area contributed by atoms with Crippen molar-refractivity contribution >= 4 is 17.8 Å². The van der Waals surface area contributed by atoms with Crippen LogP contribution < -0.4 is 4.74 Å². The Balaban J connectivity index is 0.00000124. The van der Waals surface area contributed by atoms with Crippen molar-refractivity contribution in [3.63, 3.8) is 0 Å². The van der Waals surface area contributed by atoms with E-state index in [4.69, 9.17) is 14.6 Å². The minimum absolute atomic E-state index is 0.0586. The van der Waals surface area contributed by atoms with Crippen LogP contribution in [-0.2, 0) is 20.8 Å². The van der Waals surface area contributed by atoms with Gasteiger partial charge >= 0.3 is 0 Å². The predicted octanol–water partition coefficient (Wildman–Crippen LogP) is 4.63. The Hall–Kier alpha value is -2.65. The molecule has 3 aliphatic heterocycles. The summed E-state index contributed by atoms with van der Waals surface area (Å²) < 4.78 is 6.72. The number of aliphatic carboxylic acids is 1. The first-order valence-corrected chi connectivity index (χ1v) is 16.7. The van der Waals surface area contributed by atoms with Gasteiger partial charge in [0.15, 0.2) is 0 Å². The summed E-state index contributed by atoms with van der Waals surface area (Å²) in [5, 5.41) is 7.42. The zero-order chi connectivity index (χ0) is 32.5. The SMILES string of the molecule is CC(=O)O.CCCCN(CCCC[N+](C)(C)C)C(=O)CN1C[C@H](c2ccc3c(c2)CCO3)C[C@@H]1CCN1CC(C)(C)CC1=O. The van der Waals surface area contributed by atoms with Crippen molar-refractivity contribution < 1.29 is 28.7 Å². The number of nitrogens with zero attached hydrogens (tertiary/aromatic N) is 4. The van der Waals surface area contributed by atoms with E-state index in [2.05, 4.69) is 74.8 Å². The third kappa shape index (κ3) is 11.4. The molecule has 0 saturated carbocycles. The van der Waals surface area contributed by atoms with Gasteiger partial charge in [-0.05, 0) is 60.6 Å². The average molecular weight is 616 g/mol. The van der Waals surface area contributed by atoms with E-state index in [9.17, 15) is 9.59 Å². The van der Waals surface area contributed by atoms with Crippen molar-refractivity contribution in [2.75, 3.05) is 73.6 Å². The lowest BCUT2D eigenvalue weighted by Crippen LogP contribution is -2.44. The highest BCUT2D eigenvalue weighted by Crippen LogP contribution is 2.37. The van der Waals surface area contributed by atoms with Crippen molar-refractivity contribution in [3.8, 4) is 5.75 Å². The summed E-state index contributed by atoms with van der Waals surface area (Å²) in [5.74, 6) is 1.14. The Morgan fingerprint density at radius 1 is 1.14 bits per heavy atom. The van der Waals surface area contributed by atoms with E-state index in [1.165, 1.54) is 11.1 Å². The van der Waals surface area contributed by atoms with E-state index in [0.29, 0.717) is 24.9 Å². The molecule has 3 aliphatic rings. The topological polar surface area (TPSA) is 90.4 Å². The normalized spacial score (nSPS) is 21.1. The molecular weight excluding hydrogens is 556 g/mol. The van der Waals surface area contributed by atoms with E-state index < -0.39 is 5.97 Å². The average Bonchev–Trinajstić information content (AvgIpc) is 3.62. The van der Waals surface area contributed by atoms with Crippen molar-refractivity contribution in [2.45, 2.75) is 91.0 Å². The number of quaternary nitrogens is 1. The van der Waals surface area contributed by atoms with E-state index in [1.54, 1.807) is 0 Å². The Morgan fingerprint density at radius 3 is 2.48 bits per heavy atom. The quantitative estimate of drug-likeness (QED) is 0.243.